The molecule has 1 saturated heterocycles. The van der Waals surface area contributed by atoms with Crippen molar-refractivity contribution in [2.45, 2.75) is 12.8 Å². The van der Waals surface area contributed by atoms with Crippen molar-refractivity contribution in [1.82, 2.24) is 20.2 Å². The van der Waals surface area contributed by atoms with E-state index in [4.69, 9.17) is 11.6 Å². The van der Waals surface area contributed by atoms with E-state index in [0.717, 1.165) is 50.2 Å². The molecule has 0 bridgehead atoms. The van der Waals surface area contributed by atoms with Gasteiger partial charge < -0.3 is 20.4 Å². The van der Waals surface area contributed by atoms with Gasteiger partial charge in [0.25, 0.3) is 0 Å². The highest BCUT2D eigenvalue weighted by atomic mass is 35.5. The predicted octanol–water partition coefficient (Wildman–Crippen LogP) is 2.25. The molecule has 1 aliphatic rings. The van der Waals surface area contributed by atoms with E-state index in [1.807, 2.05) is 6.07 Å². The maximum absolute atomic E-state index is 12.1. The SMILES string of the molecule is CN=C(NCCCC(=O)Nc1ccc(Cl)cc1)N1CCN(c2ncccn2)CC1. The summed E-state index contributed by atoms with van der Waals surface area (Å²) < 4.78 is 0. The predicted molar refractivity (Wildman–Crippen MR) is 116 cm³/mol. The molecule has 2 aromatic rings. The maximum atomic E-state index is 12.1. The van der Waals surface area contributed by atoms with Crippen LogP contribution in [0.15, 0.2) is 47.7 Å². The number of nitrogens with one attached hydrogen (secondary N) is 2. The molecule has 1 aromatic heterocycles. The van der Waals surface area contributed by atoms with Gasteiger partial charge in [0, 0.05) is 69.3 Å². The van der Waals surface area contributed by atoms with Crippen LogP contribution >= 0.6 is 11.6 Å². The highest BCUT2D eigenvalue weighted by molar-refractivity contribution is 6.30. The van der Waals surface area contributed by atoms with Crippen molar-refractivity contribution in [3.05, 3.63) is 47.7 Å². The Morgan fingerprint density at radius 2 is 1.83 bits per heavy atom. The quantitative estimate of drug-likeness (QED) is 0.427. The summed E-state index contributed by atoms with van der Waals surface area (Å²) in [6.07, 6.45) is 4.68. The Balaban J connectivity index is 1.36. The molecule has 0 spiro atoms. The number of carbonyl (C=O) groups is 1. The van der Waals surface area contributed by atoms with E-state index in [9.17, 15) is 4.79 Å². The monoisotopic (exact) mass is 415 g/mol. The minimum Gasteiger partial charge on any atom is -0.356 e. The van der Waals surface area contributed by atoms with Crippen LogP contribution < -0.4 is 15.5 Å². The van der Waals surface area contributed by atoms with Crippen LogP contribution in [0.4, 0.5) is 11.6 Å². The third-order valence-corrected chi connectivity index (χ3v) is 4.87. The van der Waals surface area contributed by atoms with E-state index >= 15 is 0 Å². The second-order valence-electron chi connectivity index (χ2n) is 6.66. The number of nitrogens with zero attached hydrogens (tertiary/aromatic N) is 5. The zero-order valence-corrected chi connectivity index (χ0v) is 17.3. The van der Waals surface area contributed by atoms with E-state index in [2.05, 4.69) is 35.4 Å². The molecule has 2 heterocycles. The van der Waals surface area contributed by atoms with Crippen LogP contribution in [0.25, 0.3) is 0 Å². The standard InChI is InChI=1S/C20H26ClN7O/c1-22-19(27-12-14-28(15-13-27)20-24-10-3-11-25-20)23-9-2-4-18(29)26-17-7-5-16(21)6-8-17/h3,5-8,10-11H,2,4,9,12-15H2,1H3,(H,22,23)(H,26,29). The summed E-state index contributed by atoms with van der Waals surface area (Å²) in [5.74, 6) is 1.61. The number of aliphatic imine (C=N–C) groups is 1. The fourth-order valence-electron chi connectivity index (χ4n) is 3.11. The molecule has 3 rings (SSSR count). The van der Waals surface area contributed by atoms with Gasteiger partial charge in [-0.15, -0.1) is 0 Å². The van der Waals surface area contributed by atoms with Gasteiger partial charge in [-0.25, -0.2) is 9.97 Å². The van der Waals surface area contributed by atoms with Gasteiger partial charge in [0.2, 0.25) is 11.9 Å². The summed E-state index contributed by atoms with van der Waals surface area (Å²) in [5.41, 5.74) is 0.753. The van der Waals surface area contributed by atoms with Crippen LogP contribution in [0.3, 0.4) is 0 Å². The lowest BCUT2D eigenvalue weighted by Gasteiger charge is -2.36. The van der Waals surface area contributed by atoms with Crippen LogP contribution in [0.5, 0.6) is 0 Å². The van der Waals surface area contributed by atoms with E-state index in [-0.39, 0.29) is 5.91 Å². The molecule has 1 aliphatic heterocycles. The summed E-state index contributed by atoms with van der Waals surface area (Å²) in [6, 6.07) is 8.92. The number of halogens is 1. The summed E-state index contributed by atoms with van der Waals surface area (Å²) >= 11 is 5.85. The Morgan fingerprint density at radius 1 is 1.14 bits per heavy atom. The number of hydrogen-bond acceptors (Lipinski definition) is 5. The normalized spacial score (nSPS) is 14.6. The van der Waals surface area contributed by atoms with E-state index in [1.54, 1.807) is 43.7 Å². The molecule has 9 heteroatoms. The van der Waals surface area contributed by atoms with Gasteiger partial charge in [0.15, 0.2) is 5.96 Å². The number of guanidine groups is 1. The highest BCUT2D eigenvalue weighted by Gasteiger charge is 2.20. The first-order valence-electron chi connectivity index (χ1n) is 9.68. The van der Waals surface area contributed by atoms with Crippen molar-refractivity contribution in [2.75, 3.05) is 50.0 Å². The highest BCUT2D eigenvalue weighted by Crippen LogP contribution is 2.14. The molecule has 154 valence electrons. The van der Waals surface area contributed by atoms with Crippen molar-refractivity contribution in [3.8, 4) is 0 Å². The van der Waals surface area contributed by atoms with Crippen molar-refractivity contribution in [1.29, 1.82) is 0 Å². The third kappa shape index (κ3) is 6.32. The Hall–Kier alpha value is -2.87. The van der Waals surface area contributed by atoms with Crippen molar-refractivity contribution >= 4 is 35.1 Å². The first-order chi connectivity index (χ1) is 14.2. The fraction of sp³-hybridized carbons (Fsp3) is 0.400. The molecular weight excluding hydrogens is 390 g/mol. The summed E-state index contributed by atoms with van der Waals surface area (Å²) in [5, 5.41) is 6.87. The molecule has 0 saturated carbocycles. The largest absolute Gasteiger partial charge is 0.356 e. The van der Waals surface area contributed by atoms with Crippen molar-refractivity contribution in [3.63, 3.8) is 0 Å². The Labute approximate surface area is 176 Å². The average molecular weight is 416 g/mol. The number of benzene rings is 1. The van der Waals surface area contributed by atoms with Gasteiger partial charge in [-0.05, 0) is 36.8 Å². The first kappa shape index (κ1) is 20.9. The lowest BCUT2D eigenvalue weighted by Crippen LogP contribution is -2.53. The second kappa shape index (κ2) is 10.6. The van der Waals surface area contributed by atoms with Crippen LogP contribution in [0, 0.1) is 0 Å². The van der Waals surface area contributed by atoms with Crippen molar-refractivity contribution in [2.24, 2.45) is 4.99 Å². The van der Waals surface area contributed by atoms with Crippen molar-refractivity contribution < 1.29 is 4.79 Å². The van der Waals surface area contributed by atoms with Crippen LogP contribution in [-0.4, -0.2) is 66.5 Å². The molecule has 1 aromatic carbocycles. The first-order valence-corrected chi connectivity index (χ1v) is 10.1. The number of piperazine rings is 1. The minimum atomic E-state index is -0.0133. The molecule has 0 aliphatic carbocycles. The summed E-state index contributed by atoms with van der Waals surface area (Å²) in [6.45, 7) is 4.05. The number of rotatable bonds is 6. The summed E-state index contributed by atoms with van der Waals surface area (Å²) in [7, 11) is 1.78. The van der Waals surface area contributed by atoms with Gasteiger partial charge in [0.1, 0.15) is 0 Å². The van der Waals surface area contributed by atoms with E-state index in [1.165, 1.54) is 0 Å². The molecule has 8 nitrogen and oxygen atoms in total. The fourth-order valence-corrected chi connectivity index (χ4v) is 3.24. The molecule has 0 atom stereocenters. The van der Waals surface area contributed by atoms with Crippen LogP contribution in [0.2, 0.25) is 5.02 Å². The second-order valence-corrected chi connectivity index (χ2v) is 7.09. The maximum Gasteiger partial charge on any atom is 0.225 e. The zero-order valence-electron chi connectivity index (χ0n) is 16.5. The average Bonchev–Trinajstić information content (AvgIpc) is 2.76. The number of aromatic nitrogens is 2. The van der Waals surface area contributed by atoms with Gasteiger partial charge in [-0.2, -0.15) is 0 Å². The molecule has 0 unspecified atom stereocenters. The molecule has 2 N–H and O–H groups in total. The Kier molecular flexibility index (Phi) is 7.63. The Bertz CT molecular complexity index is 805. The molecule has 1 fully saturated rings. The molecule has 0 radical (unpaired) electrons. The van der Waals surface area contributed by atoms with E-state index < -0.39 is 0 Å². The lowest BCUT2D eigenvalue weighted by molar-refractivity contribution is -0.116. The molecular formula is C20H26ClN7O. The van der Waals surface area contributed by atoms with Crippen LogP contribution in [-0.2, 0) is 4.79 Å². The number of carbonyl (C=O) groups excluding carboxylic acids is 1. The number of amides is 1. The lowest BCUT2D eigenvalue weighted by atomic mass is 10.2. The number of anilines is 2. The Morgan fingerprint density at radius 3 is 2.48 bits per heavy atom. The van der Waals surface area contributed by atoms with Gasteiger partial charge in [0.05, 0.1) is 0 Å². The van der Waals surface area contributed by atoms with Gasteiger partial charge in [-0.1, -0.05) is 11.6 Å². The topological polar surface area (TPSA) is 85.8 Å². The molecule has 1 amide bonds. The number of hydrogen-bond donors (Lipinski definition) is 2. The smallest absolute Gasteiger partial charge is 0.225 e. The summed E-state index contributed by atoms with van der Waals surface area (Å²) in [4.78, 5) is 29.4. The van der Waals surface area contributed by atoms with Crippen LogP contribution in [0.1, 0.15) is 12.8 Å². The van der Waals surface area contributed by atoms with E-state index in [0.29, 0.717) is 18.0 Å². The molecule has 29 heavy (non-hydrogen) atoms. The van der Waals surface area contributed by atoms with Gasteiger partial charge in [-0.3, -0.25) is 9.79 Å². The van der Waals surface area contributed by atoms with Gasteiger partial charge >= 0.3 is 0 Å². The minimum absolute atomic E-state index is 0.0133. The zero-order chi connectivity index (χ0) is 20.5. The third-order valence-electron chi connectivity index (χ3n) is 4.62.